The van der Waals surface area contributed by atoms with E-state index >= 15 is 0 Å². The minimum atomic E-state index is -0.323. The molecule has 0 spiro atoms. The van der Waals surface area contributed by atoms with Crippen molar-refractivity contribution in [3.8, 4) is 17.1 Å². The third-order valence-corrected chi connectivity index (χ3v) is 6.31. The van der Waals surface area contributed by atoms with Crippen molar-refractivity contribution in [3.05, 3.63) is 59.1 Å². The Bertz CT molecular complexity index is 1010. The molecule has 0 radical (unpaired) electrons. The van der Waals surface area contributed by atoms with Crippen molar-refractivity contribution in [2.24, 2.45) is 0 Å². The number of benzene rings is 2. The van der Waals surface area contributed by atoms with Crippen LogP contribution in [0.15, 0.2) is 53.7 Å². The second-order valence-electron chi connectivity index (χ2n) is 7.11. The molecule has 1 atom stereocenters. The highest BCUT2D eigenvalue weighted by atomic mass is 35.5. The molecule has 6 nitrogen and oxygen atoms in total. The number of aromatic nitrogens is 3. The van der Waals surface area contributed by atoms with Gasteiger partial charge in [0.1, 0.15) is 5.75 Å². The topological polar surface area (TPSA) is 69.0 Å². The number of methoxy groups -OCH3 is 1. The van der Waals surface area contributed by atoms with Gasteiger partial charge in [0.25, 0.3) is 0 Å². The van der Waals surface area contributed by atoms with Crippen LogP contribution in [0.25, 0.3) is 11.4 Å². The van der Waals surface area contributed by atoms with Gasteiger partial charge in [0.2, 0.25) is 5.91 Å². The van der Waals surface area contributed by atoms with E-state index in [1.165, 1.54) is 11.8 Å². The smallest absolute Gasteiger partial charge is 0.233 e. The molecule has 1 heterocycles. The number of ether oxygens (including phenoxy) is 1. The van der Waals surface area contributed by atoms with Gasteiger partial charge in [-0.1, -0.05) is 54.9 Å². The van der Waals surface area contributed by atoms with Crippen LogP contribution < -0.4 is 10.1 Å². The lowest BCUT2D eigenvalue weighted by atomic mass is 10.2. The van der Waals surface area contributed by atoms with Gasteiger partial charge in [0, 0.05) is 23.7 Å². The number of carbonyl (C=O) groups is 1. The van der Waals surface area contributed by atoms with Gasteiger partial charge in [-0.25, -0.2) is 0 Å². The van der Waals surface area contributed by atoms with E-state index in [-0.39, 0.29) is 11.2 Å². The molecule has 0 aliphatic carbocycles. The second-order valence-corrected chi connectivity index (χ2v) is 8.82. The number of unbranched alkanes of at least 4 members (excludes halogenated alkanes) is 1. The molecule has 3 rings (SSSR count). The standard InChI is InChI=1S/C23H27ClN4O2S/c1-4-5-14-28-21(17-10-12-19(30-3)13-11-17)26-27-23(28)31-16(2)22(29)25-15-18-8-6-7-9-20(18)24/h6-13,16H,4-5,14-15H2,1-3H3,(H,25,29). The fourth-order valence-corrected chi connectivity index (χ4v) is 4.13. The number of thioether (sulfide) groups is 1. The molecule has 31 heavy (non-hydrogen) atoms. The fraction of sp³-hybridized carbons (Fsp3) is 0.348. The summed E-state index contributed by atoms with van der Waals surface area (Å²) in [7, 11) is 1.64. The first kappa shape index (κ1) is 23.2. The lowest BCUT2D eigenvalue weighted by Gasteiger charge is -2.14. The Kier molecular flexibility index (Phi) is 8.37. The third-order valence-electron chi connectivity index (χ3n) is 4.86. The number of halogens is 1. The van der Waals surface area contributed by atoms with Crippen molar-refractivity contribution in [1.29, 1.82) is 0 Å². The Balaban J connectivity index is 1.72. The molecule has 1 amide bonds. The zero-order valence-corrected chi connectivity index (χ0v) is 19.5. The molecule has 0 saturated carbocycles. The summed E-state index contributed by atoms with van der Waals surface area (Å²) in [5.74, 6) is 1.52. The highest BCUT2D eigenvalue weighted by Gasteiger charge is 2.21. The lowest BCUT2D eigenvalue weighted by Crippen LogP contribution is -2.30. The van der Waals surface area contributed by atoms with E-state index in [0.717, 1.165) is 47.2 Å². The average Bonchev–Trinajstić information content (AvgIpc) is 3.19. The zero-order chi connectivity index (χ0) is 22.2. The van der Waals surface area contributed by atoms with E-state index in [9.17, 15) is 4.79 Å². The molecular weight excluding hydrogens is 432 g/mol. The van der Waals surface area contributed by atoms with Crippen LogP contribution in [0.5, 0.6) is 5.75 Å². The maximum Gasteiger partial charge on any atom is 0.233 e. The van der Waals surface area contributed by atoms with Gasteiger partial charge in [0.05, 0.1) is 12.4 Å². The molecule has 0 fully saturated rings. The van der Waals surface area contributed by atoms with Gasteiger partial charge < -0.3 is 14.6 Å². The molecule has 8 heteroatoms. The first-order valence-corrected chi connectivity index (χ1v) is 11.5. The minimum Gasteiger partial charge on any atom is -0.497 e. The van der Waals surface area contributed by atoms with Crippen LogP contribution in [0.4, 0.5) is 0 Å². The van der Waals surface area contributed by atoms with E-state index in [1.807, 2.05) is 55.5 Å². The molecule has 1 unspecified atom stereocenters. The van der Waals surface area contributed by atoms with E-state index in [2.05, 4.69) is 27.0 Å². The Hall–Kier alpha value is -2.51. The Labute approximate surface area is 192 Å². The summed E-state index contributed by atoms with van der Waals surface area (Å²) < 4.78 is 7.34. The minimum absolute atomic E-state index is 0.0686. The van der Waals surface area contributed by atoms with Crippen LogP contribution in [0.2, 0.25) is 5.02 Å². The third kappa shape index (κ3) is 6.02. The van der Waals surface area contributed by atoms with Gasteiger partial charge >= 0.3 is 0 Å². The Morgan fingerprint density at radius 1 is 1.19 bits per heavy atom. The molecule has 2 aromatic carbocycles. The number of nitrogens with one attached hydrogen (secondary N) is 1. The molecule has 0 aliphatic rings. The molecule has 0 saturated heterocycles. The monoisotopic (exact) mass is 458 g/mol. The largest absolute Gasteiger partial charge is 0.497 e. The second kappa shape index (κ2) is 11.2. The Morgan fingerprint density at radius 2 is 1.94 bits per heavy atom. The average molecular weight is 459 g/mol. The van der Waals surface area contributed by atoms with Gasteiger partial charge in [-0.2, -0.15) is 0 Å². The summed E-state index contributed by atoms with van der Waals surface area (Å²) >= 11 is 7.59. The van der Waals surface area contributed by atoms with Crippen LogP contribution in [0.1, 0.15) is 32.3 Å². The van der Waals surface area contributed by atoms with E-state index in [0.29, 0.717) is 11.6 Å². The highest BCUT2D eigenvalue weighted by Crippen LogP contribution is 2.28. The van der Waals surface area contributed by atoms with Gasteiger partial charge in [-0.15, -0.1) is 10.2 Å². The van der Waals surface area contributed by atoms with E-state index < -0.39 is 0 Å². The van der Waals surface area contributed by atoms with E-state index in [4.69, 9.17) is 16.3 Å². The quantitative estimate of drug-likeness (QED) is 0.422. The van der Waals surface area contributed by atoms with Crippen LogP contribution in [0, 0.1) is 0 Å². The number of carbonyl (C=O) groups excluding carboxylic acids is 1. The normalized spacial score (nSPS) is 11.9. The number of amides is 1. The van der Waals surface area contributed by atoms with Crippen molar-refractivity contribution in [2.45, 2.75) is 50.2 Å². The van der Waals surface area contributed by atoms with Gasteiger partial charge in [-0.05, 0) is 49.2 Å². The summed E-state index contributed by atoms with van der Waals surface area (Å²) in [5, 5.41) is 12.8. The summed E-state index contributed by atoms with van der Waals surface area (Å²) in [5.41, 5.74) is 1.86. The number of hydrogen-bond acceptors (Lipinski definition) is 5. The van der Waals surface area contributed by atoms with Crippen LogP contribution in [-0.4, -0.2) is 33.0 Å². The van der Waals surface area contributed by atoms with Crippen LogP contribution in [0.3, 0.4) is 0 Å². The first-order chi connectivity index (χ1) is 15.0. The SMILES string of the molecule is CCCCn1c(SC(C)C(=O)NCc2ccccc2Cl)nnc1-c1ccc(OC)cc1. The zero-order valence-electron chi connectivity index (χ0n) is 18.0. The molecule has 1 aromatic heterocycles. The van der Waals surface area contributed by atoms with Crippen molar-refractivity contribution in [3.63, 3.8) is 0 Å². The lowest BCUT2D eigenvalue weighted by molar-refractivity contribution is -0.120. The molecule has 0 aliphatic heterocycles. The van der Waals surface area contributed by atoms with E-state index in [1.54, 1.807) is 7.11 Å². The summed E-state index contributed by atoms with van der Waals surface area (Å²) in [4.78, 5) is 12.7. The first-order valence-electron chi connectivity index (χ1n) is 10.3. The Morgan fingerprint density at radius 3 is 2.61 bits per heavy atom. The molecule has 0 bridgehead atoms. The number of hydrogen-bond donors (Lipinski definition) is 1. The van der Waals surface area contributed by atoms with Crippen molar-refractivity contribution >= 4 is 29.3 Å². The summed E-state index contributed by atoms with van der Waals surface area (Å²) in [6.07, 6.45) is 2.06. The van der Waals surface area contributed by atoms with Crippen LogP contribution >= 0.6 is 23.4 Å². The number of nitrogens with zero attached hydrogens (tertiary/aromatic N) is 3. The molecular formula is C23H27ClN4O2S. The predicted octanol–water partition coefficient (Wildman–Crippen LogP) is 5.20. The van der Waals surface area contributed by atoms with Gasteiger partial charge in [-0.3, -0.25) is 4.79 Å². The fourth-order valence-electron chi connectivity index (χ4n) is 3.03. The van der Waals surface area contributed by atoms with Gasteiger partial charge in [0.15, 0.2) is 11.0 Å². The summed E-state index contributed by atoms with van der Waals surface area (Å²) in [6.45, 7) is 5.21. The van der Waals surface area contributed by atoms with Crippen molar-refractivity contribution in [1.82, 2.24) is 20.1 Å². The molecule has 1 N–H and O–H groups in total. The van der Waals surface area contributed by atoms with Crippen molar-refractivity contribution in [2.75, 3.05) is 7.11 Å². The maximum absolute atomic E-state index is 12.7. The van der Waals surface area contributed by atoms with Crippen molar-refractivity contribution < 1.29 is 9.53 Å². The van der Waals surface area contributed by atoms with Crippen LogP contribution in [-0.2, 0) is 17.9 Å². The molecule has 164 valence electrons. The molecule has 3 aromatic rings. The maximum atomic E-state index is 12.7. The predicted molar refractivity (Wildman–Crippen MR) is 126 cm³/mol. The number of rotatable bonds is 10. The highest BCUT2D eigenvalue weighted by molar-refractivity contribution is 8.00. The summed E-state index contributed by atoms with van der Waals surface area (Å²) in [6, 6.07) is 15.3.